The van der Waals surface area contributed by atoms with Crippen LogP contribution in [0.3, 0.4) is 0 Å². The number of hydrogen-bond donors (Lipinski definition) is 0. The molecule has 18 heavy (non-hydrogen) atoms. The molecule has 1 fully saturated rings. The zero-order valence-corrected chi connectivity index (χ0v) is 11.3. The summed E-state index contributed by atoms with van der Waals surface area (Å²) in [6.45, 7) is 3.15. The Morgan fingerprint density at radius 2 is 2.06 bits per heavy atom. The Bertz CT molecular complexity index is 458. The molecule has 0 spiro atoms. The van der Waals surface area contributed by atoms with Crippen molar-refractivity contribution in [3.63, 3.8) is 0 Å². The summed E-state index contributed by atoms with van der Waals surface area (Å²) in [4.78, 5) is 13.6. The molecule has 1 amide bonds. The first kappa shape index (κ1) is 13.4. The lowest BCUT2D eigenvalue weighted by molar-refractivity contribution is -0.0124. The van der Waals surface area contributed by atoms with Crippen molar-refractivity contribution in [3.8, 4) is 0 Å². The van der Waals surface area contributed by atoms with Crippen LogP contribution in [0.15, 0.2) is 16.6 Å². The topological polar surface area (TPSA) is 29.5 Å². The molecular formula is C12H12BrF2NO2. The normalized spacial score (nSPS) is 20.0. The molecule has 1 atom stereocenters. The van der Waals surface area contributed by atoms with Crippen molar-refractivity contribution in [2.45, 2.75) is 13.0 Å². The number of morpholine rings is 1. The third-order valence-corrected chi connectivity index (χ3v) is 3.52. The van der Waals surface area contributed by atoms with Crippen LogP contribution in [0.5, 0.6) is 0 Å². The van der Waals surface area contributed by atoms with E-state index in [-0.39, 0.29) is 22.0 Å². The first-order valence-electron chi connectivity index (χ1n) is 5.54. The number of carbonyl (C=O) groups is 1. The SMILES string of the molecule is C[C@@H]1CN(C(=O)c2cc(F)c(Br)c(F)c2)CCO1. The van der Waals surface area contributed by atoms with Gasteiger partial charge in [0.25, 0.3) is 5.91 Å². The molecule has 1 aliphatic rings. The second-order valence-corrected chi connectivity index (χ2v) is 4.98. The largest absolute Gasteiger partial charge is 0.375 e. The van der Waals surface area contributed by atoms with Gasteiger partial charge in [0.1, 0.15) is 11.6 Å². The average Bonchev–Trinajstić information content (AvgIpc) is 2.34. The summed E-state index contributed by atoms with van der Waals surface area (Å²) in [5.74, 6) is -1.94. The number of hydrogen-bond acceptors (Lipinski definition) is 2. The molecule has 0 bridgehead atoms. The van der Waals surface area contributed by atoms with Crippen molar-refractivity contribution in [1.29, 1.82) is 0 Å². The van der Waals surface area contributed by atoms with Gasteiger partial charge in [-0.15, -0.1) is 0 Å². The lowest BCUT2D eigenvalue weighted by Crippen LogP contribution is -2.44. The van der Waals surface area contributed by atoms with E-state index >= 15 is 0 Å². The van der Waals surface area contributed by atoms with Gasteiger partial charge >= 0.3 is 0 Å². The molecule has 6 heteroatoms. The molecule has 1 saturated heterocycles. The Morgan fingerprint density at radius 3 is 2.61 bits per heavy atom. The summed E-state index contributed by atoms with van der Waals surface area (Å²) in [5, 5.41) is 0. The van der Waals surface area contributed by atoms with Gasteiger partial charge in [0.15, 0.2) is 0 Å². The summed E-state index contributed by atoms with van der Waals surface area (Å²) >= 11 is 2.77. The molecule has 98 valence electrons. The highest BCUT2D eigenvalue weighted by Gasteiger charge is 2.24. The first-order chi connectivity index (χ1) is 8.49. The quantitative estimate of drug-likeness (QED) is 0.745. The minimum Gasteiger partial charge on any atom is -0.375 e. The van der Waals surface area contributed by atoms with Crippen LogP contribution in [0.25, 0.3) is 0 Å². The zero-order chi connectivity index (χ0) is 13.3. The van der Waals surface area contributed by atoms with Crippen molar-refractivity contribution < 1.29 is 18.3 Å². The molecule has 0 unspecified atom stereocenters. The van der Waals surface area contributed by atoms with Gasteiger partial charge in [-0.25, -0.2) is 8.78 Å². The molecule has 0 aromatic heterocycles. The van der Waals surface area contributed by atoms with Crippen molar-refractivity contribution in [2.24, 2.45) is 0 Å². The maximum Gasteiger partial charge on any atom is 0.254 e. The van der Waals surface area contributed by atoms with Crippen molar-refractivity contribution >= 4 is 21.8 Å². The Hall–Kier alpha value is -1.01. The van der Waals surface area contributed by atoms with Gasteiger partial charge in [-0.1, -0.05) is 0 Å². The second-order valence-electron chi connectivity index (χ2n) is 4.19. The van der Waals surface area contributed by atoms with E-state index in [1.54, 1.807) is 0 Å². The van der Waals surface area contributed by atoms with Crippen LogP contribution < -0.4 is 0 Å². The van der Waals surface area contributed by atoms with Gasteiger partial charge in [0, 0.05) is 18.7 Å². The third kappa shape index (κ3) is 2.70. The van der Waals surface area contributed by atoms with E-state index in [0.717, 1.165) is 12.1 Å². The average molecular weight is 320 g/mol. The minimum atomic E-state index is -0.778. The highest BCUT2D eigenvalue weighted by Crippen LogP contribution is 2.22. The van der Waals surface area contributed by atoms with Crippen molar-refractivity contribution in [3.05, 3.63) is 33.8 Å². The number of nitrogens with zero attached hydrogens (tertiary/aromatic N) is 1. The van der Waals surface area contributed by atoms with Crippen LogP contribution in [-0.2, 0) is 4.74 Å². The molecule has 1 aromatic carbocycles. The Kier molecular flexibility index (Phi) is 3.97. The summed E-state index contributed by atoms with van der Waals surface area (Å²) in [5.41, 5.74) is 0.0160. The Balaban J connectivity index is 2.23. The smallest absolute Gasteiger partial charge is 0.254 e. The molecule has 2 rings (SSSR count). The Labute approximate surface area is 112 Å². The van der Waals surface area contributed by atoms with Crippen molar-refractivity contribution in [1.82, 2.24) is 4.90 Å². The van der Waals surface area contributed by atoms with Crippen LogP contribution in [0.1, 0.15) is 17.3 Å². The second kappa shape index (κ2) is 5.32. The standard InChI is InChI=1S/C12H12BrF2NO2/c1-7-6-16(2-3-18-7)12(17)8-4-9(14)11(13)10(15)5-8/h4-5,7H,2-3,6H2,1H3/t7-/m1/s1. The van der Waals surface area contributed by atoms with Gasteiger partial charge in [-0.05, 0) is 35.0 Å². The number of carbonyl (C=O) groups excluding carboxylic acids is 1. The third-order valence-electron chi connectivity index (χ3n) is 2.76. The van der Waals surface area contributed by atoms with Crippen LogP contribution in [-0.4, -0.2) is 36.6 Å². The van der Waals surface area contributed by atoms with Gasteiger partial charge in [-0.3, -0.25) is 4.79 Å². The number of halogens is 3. The monoisotopic (exact) mass is 319 g/mol. The van der Waals surface area contributed by atoms with E-state index in [0.29, 0.717) is 19.7 Å². The summed E-state index contributed by atoms with van der Waals surface area (Å²) in [6, 6.07) is 2.07. The van der Waals surface area contributed by atoms with Gasteiger partial charge in [0.2, 0.25) is 0 Å². The van der Waals surface area contributed by atoms with Crippen LogP contribution in [0, 0.1) is 11.6 Å². The fourth-order valence-corrected chi connectivity index (χ4v) is 2.09. The zero-order valence-electron chi connectivity index (χ0n) is 9.75. The molecule has 1 aromatic rings. The molecule has 0 aliphatic carbocycles. The molecule has 1 aliphatic heterocycles. The fraction of sp³-hybridized carbons (Fsp3) is 0.417. The van der Waals surface area contributed by atoms with Gasteiger partial charge in [0.05, 0.1) is 17.2 Å². The number of ether oxygens (including phenoxy) is 1. The Morgan fingerprint density at radius 1 is 1.44 bits per heavy atom. The summed E-state index contributed by atoms with van der Waals surface area (Å²) in [7, 11) is 0. The molecule has 0 N–H and O–H groups in total. The van der Waals surface area contributed by atoms with Crippen LogP contribution >= 0.6 is 15.9 Å². The fourth-order valence-electron chi connectivity index (χ4n) is 1.86. The molecule has 1 heterocycles. The first-order valence-corrected chi connectivity index (χ1v) is 6.33. The van der Waals surface area contributed by atoms with Gasteiger partial charge in [-0.2, -0.15) is 0 Å². The maximum absolute atomic E-state index is 13.4. The van der Waals surface area contributed by atoms with E-state index < -0.39 is 11.6 Å². The van der Waals surface area contributed by atoms with Crippen LogP contribution in [0.4, 0.5) is 8.78 Å². The number of amides is 1. The lowest BCUT2D eigenvalue weighted by Gasteiger charge is -2.31. The number of rotatable bonds is 1. The summed E-state index contributed by atoms with van der Waals surface area (Å²) in [6.07, 6.45) is -0.0622. The predicted molar refractivity (Wildman–Crippen MR) is 65.4 cm³/mol. The molecule has 0 saturated carbocycles. The molecular weight excluding hydrogens is 308 g/mol. The highest BCUT2D eigenvalue weighted by molar-refractivity contribution is 9.10. The van der Waals surface area contributed by atoms with E-state index in [1.807, 2.05) is 6.92 Å². The molecule has 3 nitrogen and oxygen atoms in total. The maximum atomic E-state index is 13.4. The lowest BCUT2D eigenvalue weighted by atomic mass is 10.1. The van der Waals surface area contributed by atoms with E-state index in [2.05, 4.69) is 15.9 Å². The van der Waals surface area contributed by atoms with E-state index in [9.17, 15) is 13.6 Å². The minimum absolute atomic E-state index is 0.0160. The van der Waals surface area contributed by atoms with E-state index in [4.69, 9.17) is 4.74 Å². The van der Waals surface area contributed by atoms with Gasteiger partial charge < -0.3 is 9.64 Å². The van der Waals surface area contributed by atoms with Crippen LogP contribution in [0.2, 0.25) is 0 Å². The molecule has 0 radical (unpaired) electrons. The van der Waals surface area contributed by atoms with E-state index in [1.165, 1.54) is 4.90 Å². The number of benzene rings is 1. The predicted octanol–water partition coefficient (Wildman–Crippen LogP) is 2.59. The van der Waals surface area contributed by atoms with Crippen molar-refractivity contribution in [2.75, 3.05) is 19.7 Å². The summed E-state index contributed by atoms with van der Waals surface area (Å²) < 4.78 is 31.8. The highest BCUT2D eigenvalue weighted by atomic mass is 79.9.